The van der Waals surface area contributed by atoms with Gasteiger partial charge in [-0.25, -0.2) is 14.8 Å². The van der Waals surface area contributed by atoms with Crippen molar-refractivity contribution in [3.63, 3.8) is 0 Å². The second-order valence-corrected chi connectivity index (χ2v) is 6.86. The van der Waals surface area contributed by atoms with E-state index in [1.54, 1.807) is 31.2 Å². The highest BCUT2D eigenvalue weighted by Crippen LogP contribution is 2.30. The fraction of sp³-hybridized carbons (Fsp3) is 0.0952. The van der Waals surface area contributed by atoms with Crippen molar-refractivity contribution in [1.29, 1.82) is 5.26 Å². The molecule has 0 saturated carbocycles. The van der Waals surface area contributed by atoms with Crippen molar-refractivity contribution in [3.8, 4) is 17.5 Å². The minimum atomic E-state index is -0.585. The molecule has 3 aromatic heterocycles. The number of imidazole rings is 1. The third-order valence-electron chi connectivity index (χ3n) is 4.28. The largest absolute Gasteiger partial charge is 0.450 e. The highest BCUT2D eigenvalue weighted by molar-refractivity contribution is 6.33. The van der Waals surface area contributed by atoms with Gasteiger partial charge < -0.3 is 19.5 Å². The Hall–Kier alpha value is -4.36. The van der Waals surface area contributed by atoms with E-state index in [0.29, 0.717) is 38.9 Å². The number of furan rings is 1. The van der Waals surface area contributed by atoms with Crippen LogP contribution in [0.15, 0.2) is 47.0 Å². The van der Waals surface area contributed by atoms with E-state index in [4.69, 9.17) is 26.0 Å². The Labute approximate surface area is 186 Å². The standard InChI is InChI=1S/C21H15ClN6O4/c1-2-31-21(30)26-12-8-16-19(24-10-12)28-18(27-16)14-7-11(3-5-15(14)22)25-20(29)17-6-4-13(9-23)32-17/h3-8,10H,2H2,1H3,(H,25,29)(H,26,30)(H,24,27,28). The lowest BCUT2D eigenvalue weighted by Crippen LogP contribution is -2.13. The number of amides is 2. The van der Waals surface area contributed by atoms with E-state index < -0.39 is 12.0 Å². The van der Waals surface area contributed by atoms with Crippen LogP contribution in [0, 0.1) is 11.3 Å². The Kier molecular flexibility index (Phi) is 5.74. The number of aromatic amines is 1. The average Bonchev–Trinajstić information content (AvgIpc) is 3.42. The molecular formula is C21H15ClN6O4. The molecule has 0 radical (unpaired) electrons. The summed E-state index contributed by atoms with van der Waals surface area (Å²) in [5, 5.41) is 14.5. The Balaban J connectivity index is 1.59. The first-order valence-corrected chi connectivity index (χ1v) is 9.75. The van der Waals surface area contributed by atoms with Gasteiger partial charge in [0.25, 0.3) is 5.91 Å². The predicted octanol–water partition coefficient (Wildman–Crippen LogP) is 4.56. The number of nitrogens with zero attached hydrogens (tertiary/aromatic N) is 3. The second-order valence-electron chi connectivity index (χ2n) is 6.45. The van der Waals surface area contributed by atoms with E-state index in [1.807, 2.05) is 6.07 Å². The number of ether oxygens (including phenoxy) is 1. The molecule has 0 spiro atoms. The van der Waals surface area contributed by atoms with Crippen molar-refractivity contribution >= 4 is 46.1 Å². The summed E-state index contributed by atoms with van der Waals surface area (Å²) in [6, 6.07) is 11.2. The first kappa shape index (κ1) is 20.9. The molecule has 11 heteroatoms. The number of carbonyl (C=O) groups is 2. The molecule has 1 aromatic carbocycles. The minimum Gasteiger partial charge on any atom is -0.450 e. The fourth-order valence-corrected chi connectivity index (χ4v) is 3.09. The van der Waals surface area contributed by atoms with Gasteiger partial charge in [-0.2, -0.15) is 5.26 Å². The fourth-order valence-electron chi connectivity index (χ4n) is 2.88. The van der Waals surface area contributed by atoms with Gasteiger partial charge in [-0.1, -0.05) is 11.6 Å². The number of benzene rings is 1. The topological polar surface area (TPSA) is 146 Å². The molecular weight excluding hydrogens is 436 g/mol. The highest BCUT2D eigenvalue weighted by atomic mass is 35.5. The van der Waals surface area contributed by atoms with Gasteiger partial charge >= 0.3 is 6.09 Å². The lowest BCUT2D eigenvalue weighted by atomic mass is 10.2. The van der Waals surface area contributed by atoms with Crippen LogP contribution in [0.4, 0.5) is 16.2 Å². The molecule has 0 aliphatic carbocycles. The molecule has 4 aromatic rings. The van der Waals surface area contributed by atoms with E-state index >= 15 is 0 Å². The number of carbonyl (C=O) groups excluding carboxylic acids is 2. The van der Waals surface area contributed by atoms with Gasteiger partial charge in [-0.3, -0.25) is 10.1 Å². The molecule has 3 heterocycles. The van der Waals surface area contributed by atoms with Crippen molar-refractivity contribution in [3.05, 3.63) is 59.1 Å². The summed E-state index contributed by atoms with van der Waals surface area (Å²) in [4.78, 5) is 35.7. The van der Waals surface area contributed by atoms with Crippen LogP contribution in [0.25, 0.3) is 22.6 Å². The molecule has 32 heavy (non-hydrogen) atoms. The van der Waals surface area contributed by atoms with Gasteiger partial charge in [0.1, 0.15) is 11.9 Å². The third kappa shape index (κ3) is 4.38. The molecule has 3 N–H and O–H groups in total. The summed E-state index contributed by atoms with van der Waals surface area (Å²) < 4.78 is 9.99. The maximum absolute atomic E-state index is 12.4. The molecule has 160 valence electrons. The Bertz CT molecular complexity index is 1370. The van der Waals surface area contributed by atoms with Crippen molar-refractivity contribution in [2.24, 2.45) is 0 Å². The molecule has 10 nitrogen and oxygen atoms in total. The molecule has 0 fully saturated rings. The zero-order chi connectivity index (χ0) is 22.7. The molecule has 0 atom stereocenters. The van der Waals surface area contributed by atoms with Crippen LogP contribution in [0.1, 0.15) is 23.2 Å². The number of halogens is 1. The van der Waals surface area contributed by atoms with Crippen LogP contribution in [0.5, 0.6) is 0 Å². The number of pyridine rings is 1. The predicted molar refractivity (Wildman–Crippen MR) is 116 cm³/mol. The lowest BCUT2D eigenvalue weighted by molar-refractivity contribution is 0.0996. The zero-order valence-electron chi connectivity index (χ0n) is 16.6. The van der Waals surface area contributed by atoms with Crippen molar-refractivity contribution in [2.75, 3.05) is 17.2 Å². The molecule has 0 saturated heterocycles. The van der Waals surface area contributed by atoms with Crippen LogP contribution in [-0.2, 0) is 4.74 Å². The zero-order valence-corrected chi connectivity index (χ0v) is 17.4. The van der Waals surface area contributed by atoms with Crippen LogP contribution >= 0.6 is 11.6 Å². The molecule has 0 unspecified atom stereocenters. The smallest absolute Gasteiger partial charge is 0.411 e. The lowest BCUT2D eigenvalue weighted by Gasteiger charge is -2.07. The number of aromatic nitrogens is 3. The normalized spacial score (nSPS) is 10.5. The average molecular weight is 451 g/mol. The summed E-state index contributed by atoms with van der Waals surface area (Å²) in [7, 11) is 0. The molecule has 2 amide bonds. The first-order valence-electron chi connectivity index (χ1n) is 9.37. The SMILES string of the molecule is CCOC(=O)Nc1cnc2nc(-c3cc(NC(=O)c4ccc(C#N)o4)ccc3Cl)[nH]c2c1. The minimum absolute atomic E-state index is 0.00705. The van der Waals surface area contributed by atoms with Crippen molar-refractivity contribution in [2.45, 2.75) is 6.92 Å². The van der Waals surface area contributed by atoms with Gasteiger partial charge in [0.05, 0.1) is 29.0 Å². The second kappa shape index (κ2) is 8.79. The summed E-state index contributed by atoms with van der Waals surface area (Å²) in [5.74, 6) is -0.0430. The summed E-state index contributed by atoms with van der Waals surface area (Å²) in [5.41, 5.74) is 2.40. The molecule has 0 aliphatic heterocycles. The van der Waals surface area contributed by atoms with E-state index in [-0.39, 0.29) is 18.1 Å². The quantitative estimate of drug-likeness (QED) is 0.403. The summed E-state index contributed by atoms with van der Waals surface area (Å²) in [6.07, 6.45) is 0.874. The van der Waals surface area contributed by atoms with Crippen LogP contribution < -0.4 is 10.6 Å². The third-order valence-corrected chi connectivity index (χ3v) is 4.61. The van der Waals surface area contributed by atoms with Crippen LogP contribution in [-0.4, -0.2) is 33.6 Å². The Morgan fingerprint density at radius 3 is 2.81 bits per heavy atom. The maximum Gasteiger partial charge on any atom is 0.411 e. The number of nitrogens with one attached hydrogen (secondary N) is 3. The highest BCUT2D eigenvalue weighted by Gasteiger charge is 2.15. The number of anilines is 2. The molecule has 4 rings (SSSR count). The van der Waals surface area contributed by atoms with E-state index in [0.717, 1.165) is 0 Å². The van der Waals surface area contributed by atoms with E-state index in [2.05, 4.69) is 25.6 Å². The van der Waals surface area contributed by atoms with Crippen molar-refractivity contribution in [1.82, 2.24) is 15.0 Å². The Morgan fingerprint density at radius 1 is 1.22 bits per heavy atom. The summed E-state index contributed by atoms with van der Waals surface area (Å²) in [6.45, 7) is 1.96. The van der Waals surface area contributed by atoms with Crippen LogP contribution in [0.2, 0.25) is 5.02 Å². The van der Waals surface area contributed by atoms with Gasteiger partial charge in [0, 0.05) is 11.3 Å². The Morgan fingerprint density at radius 2 is 2.06 bits per heavy atom. The number of hydrogen-bond acceptors (Lipinski definition) is 7. The number of rotatable bonds is 5. The summed E-state index contributed by atoms with van der Waals surface area (Å²) >= 11 is 6.35. The van der Waals surface area contributed by atoms with Gasteiger partial charge in [0.15, 0.2) is 11.4 Å². The van der Waals surface area contributed by atoms with E-state index in [9.17, 15) is 9.59 Å². The molecule has 0 aliphatic rings. The van der Waals surface area contributed by atoms with Gasteiger partial charge in [-0.15, -0.1) is 0 Å². The number of hydrogen-bond donors (Lipinski definition) is 3. The first-order chi connectivity index (χ1) is 15.5. The number of nitriles is 1. The number of fused-ring (bicyclic) bond motifs is 1. The van der Waals surface area contributed by atoms with Gasteiger partial charge in [0.2, 0.25) is 5.76 Å². The van der Waals surface area contributed by atoms with Crippen LogP contribution in [0.3, 0.4) is 0 Å². The number of H-pyrrole nitrogens is 1. The maximum atomic E-state index is 12.4. The monoisotopic (exact) mass is 450 g/mol. The van der Waals surface area contributed by atoms with E-state index in [1.165, 1.54) is 18.3 Å². The van der Waals surface area contributed by atoms with Gasteiger partial charge in [-0.05, 0) is 43.3 Å². The molecule has 0 bridgehead atoms. The van der Waals surface area contributed by atoms with Crippen molar-refractivity contribution < 1.29 is 18.7 Å².